The summed E-state index contributed by atoms with van der Waals surface area (Å²) in [6.07, 6.45) is 0.617. The molecule has 0 aliphatic carbocycles. The van der Waals surface area contributed by atoms with Crippen molar-refractivity contribution in [2.75, 3.05) is 12.4 Å². The van der Waals surface area contributed by atoms with Crippen LogP contribution in [0.2, 0.25) is 0 Å². The maximum Gasteiger partial charge on any atom is 0.312 e. The first-order valence-electron chi connectivity index (χ1n) is 12.2. The molecule has 0 unspecified atom stereocenters. The summed E-state index contributed by atoms with van der Waals surface area (Å²) in [6.45, 7) is 2.22. The molecule has 0 saturated carbocycles. The third kappa shape index (κ3) is 7.25. The summed E-state index contributed by atoms with van der Waals surface area (Å²) in [7, 11) is -4.42. The van der Waals surface area contributed by atoms with E-state index in [1.807, 2.05) is 35.9 Å². The van der Waals surface area contributed by atoms with Crippen LogP contribution in [0.25, 0.3) is 11.1 Å². The number of nitro groups is 1. The maximum absolute atomic E-state index is 13.2. The largest absolute Gasteiger partial charge is 0.487 e. The second-order valence-electron chi connectivity index (χ2n) is 8.72. The van der Waals surface area contributed by atoms with Gasteiger partial charge in [0.25, 0.3) is 15.9 Å². The van der Waals surface area contributed by atoms with Gasteiger partial charge in [0.2, 0.25) is 0 Å². The lowest BCUT2D eigenvalue weighted by atomic mass is 10.0. The van der Waals surface area contributed by atoms with Crippen LogP contribution in [0.3, 0.4) is 0 Å². The first kappa shape index (κ1) is 28.8. The molecule has 1 amide bonds. The lowest BCUT2D eigenvalue weighted by molar-refractivity contribution is -0.386. The van der Waals surface area contributed by atoms with Crippen LogP contribution in [-0.4, -0.2) is 31.6 Å². The molecule has 0 fully saturated rings. The SMILES string of the molecule is Cc1ccccc1SCCCOc1ccc(S(=O)(=O)NC(=O)c2ccc(-c3ccc(F)cc3)cc2)cc1[N+](=O)[O-]. The minimum atomic E-state index is -4.42. The van der Waals surface area contributed by atoms with Crippen molar-refractivity contribution in [3.05, 3.63) is 118 Å². The van der Waals surface area contributed by atoms with Gasteiger partial charge in [0.05, 0.1) is 16.4 Å². The van der Waals surface area contributed by atoms with Gasteiger partial charge in [-0.25, -0.2) is 17.5 Å². The zero-order chi connectivity index (χ0) is 28.7. The molecule has 0 atom stereocenters. The third-order valence-electron chi connectivity index (χ3n) is 5.89. The fourth-order valence-corrected chi connectivity index (χ4v) is 5.71. The molecule has 0 bridgehead atoms. The zero-order valence-electron chi connectivity index (χ0n) is 21.4. The Labute approximate surface area is 235 Å². The first-order chi connectivity index (χ1) is 19.1. The predicted molar refractivity (Wildman–Crippen MR) is 152 cm³/mol. The molecule has 0 aliphatic heterocycles. The van der Waals surface area contributed by atoms with Crippen LogP contribution in [0, 0.1) is 22.9 Å². The zero-order valence-corrected chi connectivity index (χ0v) is 23.0. The number of nitrogens with one attached hydrogen (secondary N) is 1. The van der Waals surface area contributed by atoms with Gasteiger partial charge in [-0.1, -0.05) is 42.5 Å². The van der Waals surface area contributed by atoms with Gasteiger partial charge in [-0.05, 0) is 72.5 Å². The van der Waals surface area contributed by atoms with Gasteiger partial charge < -0.3 is 4.74 Å². The molecule has 1 N–H and O–H groups in total. The Morgan fingerprint density at radius 1 is 0.975 bits per heavy atom. The average Bonchev–Trinajstić information content (AvgIpc) is 2.94. The van der Waals surface area contributed by atoms with E-state index in [0.717, 1.165) is 33.9 Å². The highest BCUT2D eigenvalue weighted by molar-refractivity contribution is 7.99. The number of hydrogen-bond acceptors (Lipinski definition) is 7. The number of rotatable bonds is 11. The summed E-state index contributed by atoms with van der Waals surface area (Å²) < 4.78 is 46.4. The normalized spacial score (nSPS) is 11.2. The monoisotopic (exact) mass is 580 g/mol. The van der Waals surface area contributed by atoms with Crippen LogP contribution in [-0.2, 0) is 10.0 Å². The molecule has 0 heterocycles. The lowest BCUT2D eigenvalue weighted by Gasteiger charge is -2.10. The third-order valence-corrected chi connectivity index (χ3v) is 8.48. The predicted octanol–water partition coefficient (Wildman–Crippen LogP) is 6.39. The number of nitrogens with zero attached hydrogens (tertiary/aromatic N) is 1. The van der Waals surface area contributed by atoms with Gasteiger partial charge in [-0.2, -0.15) is 0 Å². The molecule has 0 spiro atoms. The van der Waals surface area contributed by atoms with Crippen LogP contribution >= 0.6 is 11.8 Å². The van der Waals surface area contributed by atoms with Crippen molar-refractivity contribution in [2.45, 2.75) is 23.1 Å². The average molecular weight is 581 g/mol. The smallest absolute Gasteiger partial charge is 0.312 e. The van der Waals surface area contributed by atoms with Gasteiger partial charge >= 0.3 is 5.69 Å². The van der Waals surface area contributed by atoms with Crippen molar-refractivity contribution in [3.8, 4) is 16.9 Å². The first-order valence-corrected chi connectivity index (χ1v) is 14.6. The molecule has 8 nitrogen and oxygen atoms in total. The molecule has 0 aliphatic rings. The van der Waals surface area contributed by atoms with Crippen molar-refractivity contribution < 1.29 is 27.3 Å². The van der Waals surface area contributed by atoms with E-state index < -0.39 is 31.4 Å². The fourth-order valence-electron chi connectivity index (χ4n) is 3.77. The Kier molecular flexibility index (Phi) is 9.18. The van der Waals surface area contributed by atoms with E-state index in [1.165, 1.54) is 30.3 Å². The Balaban J connectivity index is 1.39. The molecular weight excluding hydrogens is 555 g/mol. The summed E-state index contributed by atoms with van der Waals surface area (Å²) >= 11 is 1.66. The van der Waals surface area contributed by atoms with E-state index in [9.17, 15) is 27.7 Å². The number of sulfonamides is 1. The molecule has 4 rings (SSSR count). The van der Waals surface area contributed by atoms with Crippen molar-refractivity contribution in [2.24, 2.45) is 0 Å². The van der Waals surface area contributed by atoms with Crippen molar-refractivity contribution >= 4 is 33.4 Å². The van der Waals surface area contributed by atoms with Gasteiger partial charge in [0.15, 0.2) is 5.75 Å². The number of nitro benzene ring substituents is 1. The molecule has 4 aromatic carbocycles. The summed E-state index contributed by atoms with van der Waals surface area (Å²) in [5.74, 6) is -0.604. The van der Waals surface area contributed by atoms with Crippen LogP contribution in [0.4, 0.5) is 10.1 Å². The number of amides is 1. The van der Waals surface area contributed by atoms with E-state index in [0.29, 0.717) is 12.0 Å². The summed E-state index contributed by atoms with van der Waals surface area (Å²) in [6, 6.07) is 23.0. The Morgan fingerprint density at radius 3 is 2.27 bits per heavy atom. The minimum absolute atomic E-state index is 0.0625. The van der Waals surface area contributed by atoms with Gasteiger partial charge in [-0.15, -0.1) is 11.8 Å². The molecule has 0 radical (unpaired) electrons. The Morgan fingerprint density at radius 2 is 1.62 bits per heavy atom. The summed E-state index contributed by atoms with van der Waals surface area (Å²) in [5, 5.41) is 11.6. The quantitative estimate of drug-likeness (QED) is 0.0946. The van der Waals surface area contributed by atoms with E-state index in [4.69, 9.17) is 4.74 Å². The molecule has 4 aromatic rings. The molecule has 11 heteroatoms. The van der Waals surface area contributed by atoms with Crippen LogP contribution in [0.15, 0.2) is 101 Å². The number of aryl methyl sites for hydroxylation is 1. The second kappa shape index (κ2) is 12.8. The van der Waals surface area contributed by atoms with Crippen molar-refractivity contribution in [1.82, 2.24) is 4.72 Å². The highest BCUT2D eigenvalue weighted by Crippen LogP contribution is 2.30. The summed E-state index contributed by atoms with van der Waals surface area (Å²) in [4.78, 5) is 24.3. The fraction of sp³-hybridized carbons (Fsp3) is 0.138. The lowest BCUT2D eigenvalue weighted by Crippen LogP contribution is -2.30. The van der Waals surface area contributed by atoms with Crippen molar-refractivity contribution in [1.29, 1.82) is 0 Å². The minimum Gasteiger partial charge on any atom is -0.487 e. The molecule has 0 aromatic heterocycles. The standard InChI is InChI=1S/C29H25FN2O6S2/c1-20-5-2-3-6-28(20)39-18-4-17-38-27-16-15-25(19-26(27)32(34)35)40(36,37)31-29(33)23-9-7-21(8-10-23)22-11-13-24(30)14-12-22/h2-3,5-16,19H,4,17-18H2,1H3,(H,31,33). The molecular formula is C29H25FN2O6S2. The van der Waals surface area contributed by atoms with Crippen LogP contribution in [0.5, 0.6) is 5.75 Å². The molecule has 40 heavy (non-hydrogen) atoms. The number of carbonyl (C=O) groups excluding carboxylic acids is 1. The number of thioether (sulfide) groups is 1. The number of halogens is 1. The Bertz CT molecular complexity index is 1630. The number of hydrogen-bond donors (Lipinski definition) is 1. The number of carbonyl (C=O) groups is 1. The van der Waals surface area contributed by atoms with E-state index in [-0.39, 0.29) is 23.7 Å². The number of benzene rings is 4. The molecule has 0 saturated heterocycles. The van der Waals surface area contributed by atoms with E-state index in [1.54, 1.807) is 36.0 Å². The van der Waals surface area contributed by atoms with Gasteiger partial charge in [0, 0.05) is 22.3 Å². The van der Waals surface area contributed by atoms with Crippen LogP contribution < -0.4 is 9.46 Å². The van der Waals surface area contributed by atoms with Gasteiger partial charge in [-0.3, -0.25) is 14.9 Å². The maximum atomic E-state index is 13.2. The van der Waals surface area contributed by atoms with E-state index in [2.05, 4.69) is 0 Å². The second-order valence-corrected chi connectivity index (χ2v) is 11.5. The number of ether oxygens (including phenoxy) is 1. The Hall–Kier alpha value is -4.22. The highest BCUT2D eigenvalue weighted by Gasteiger charge is 2.24. The molecule has 206 valence electrons. The topological polar surface area (TPSA) is 116 Å². The highest BCUT2D eigenvalue weighted by atomic mass is 32.2. The van der Waals surface area contributed by atoms with Gasteiger partial charge in [0.1, 0.15) is 5.82 Å². The summed E-state index contributed by atoms with van der Waals surface area (Å²) in [5.41, 5.74) is 2.13. The van der Waals surface area contributed by atoms with Crippen molar-refractivity contribution in [3.63, 3.8) is 0 Å². The van der Waals surface area contributed by atoms with E-state index >= 15 is 0 Å². The van der Waals surface area contributed by atoms with Crippen LogP contribution in [0.1, 0.15) is 22.3 Å².